The molecule has 31 heavy (non-hydrogen) atoms. The summed E-state index contributed by atoms with van der Waals surface area (Å²) in [6, 6.07) is 16.6. The number of hydrogen-bond acceptors (Lipinski definition) is 4. The number of sulfonamides is 1. The van der Waals surface area contributed by atoms with Crippen LogP contribution in [0.4, 0.5) is 5.69 Å². The summed E-state index contributed by atoms with van der Waals surface area (Å²) in [5, 5.41) is 0. The lowest BCUT2D eigenvalue weighted by molar-refractivity contribution is 0.0963. The summed E-state index contributed by atoms with van der Waals surface area (Å²) < 4.78 is 33.2. The lowest BCUT2D eigenvalue weighted by Gasteiger charge is -2.26. The van der Waals surface area contributed by atoms with Gasteiger partial charge in [-0.2, -0.15) is 4.31 Å². The molecule has 2 aromatic carbocycles. The van der Waals surface area contributed by atoms with Crippen LogP contribution in [-0.2, 0) is 16.4 Å². The number of amides is 1. The van der Waals surface area contributed by atoms with Gasteiger partial charge in [0.25, 0.3) is 5.91 Å². The van der Waals surface area contributed by atoms with Gasteiger partial charge in [0.05, 0.1) is 11.2 Å². The van der Waals surface area contributed by atoms with Crippen LogP contribution >= 0.6 is 0 Å². The van der Waals surface area contributed by atoms with Gasteiger partial charge in [0, 0.05) is 30.9 Å². The molecule has 2 aliphatic rings. The fourth-order valence-corrected chi connectivity index (χ4v) is 6.01. The van der Waals surface area contributed by atoms with Crippen molar-refractivity contribution in [2.45, 2.75) is 30.6 Å². The highest BCUT2D eigenvalue weighted by Gasteiger charge is 2.32. The molecule has 2 aliphatic heterocycles. The smallest absolute Gasteiger partial charge is 0.294 e. The molecule has 6 nitrogen and oxygen atoms in total. The van der Waals surface area contributed by atoms with Gasteiger partial charge in [0.2, 0.25) is 10.0 Å². The first-order valence-electron chi connectivity index (χ1n) is 10.6. The van der Waals surface area contributed by atoms with E-state index in [4.69, 9.17) is 4.42 Å². The number of piperidine rings is 1. The maximum absolute atomic E-state index is 13.3. The van der Waals surface area contributed by atoms with Crippen molar-refractivity contribution < 1.29 is 17.6 Å². The normalized spacial score (nSPS) is 17.0. The summed E-state index contributed by atoms with van der Waals surface area (Å²) >= 11 is 0. The third kappa shape index (κ3) is 3.58. The summed E-state index contributed by atoms with van der Waals surface area (Å²) in [6.45, 7) is 1.64. The van der Waals surface area contributed by atoms with E-state index in [1.807, 2.05) is 30.3 Å². The van der Waals surface area contributed by atoms with Crippen molar-refractivity contribution >= 4 is 21.6 Å². The molecule has 0 unspecified atom stereocenters. The van der Waals surface area contributed by atoms with Gasteiger partial charge >= 0.3 is 0 Å². The number of fused-ring (bicyclic) bond motifs is 1. The van der Waals surface area contributed by atoms with E-state index in [9.17, 15) is 13.2 Å². The molecule has 0 saturated carbocycles. The molecule has 5 rings (SSSR count). The van der Waals surface area contributed by atoms with Crippen molar-refractivity contribution in [2.75, 3.05) is 24.5 Å². The second-order valence-electron chi connectivity index (χ2n) is 7.99. The number of benzene rings is 2. The topological polar surface area (TPSA) is 70.8 Å². The summed E-state index contributed by atoms with van der Waals surface area (Å²) in [6.07, 6.45) is 5.02. The van der Waals surface area contributed by atoms with Crippen LogP contribution in [0.2, 0.25) is 0 Å². The first-order chi connectivity index (χ1) is 15.1. The van der Waals surface area contributed by atoms with Crippen molar-refractivity contribution in [1.82, 2.24) is 4.31 Å². The Balaban J connectivity index is 1.43. The molecule has 7 heteroatoms. The Hall–Kier alpha value is -2.90. The number of carbonyl (C=O) groups excluding carboxylic acids is 1. The van der Waals surface area contributed by atoms with Gasteiger partial charge in [-0.3, -0.25) is 4.79 Å². The van der Waals surface area contributed by atoms with Crippen molar-refractivity contribution in [3.63, 3.8) is 0 Å². The zero-order valence-corrected chi connectivity index (χ0v) is 18.0. The van der Waals surface area contributed by atoms with E-state index in [-0.39, 0.29) is 5.91 Å². The van der Waals surface area contributed by atoms with Crippen LogP contribution in [0.25, 0.3) is 11.1 Å². The molecule has 3 heterocycles. The minimum atomic E-state index is -3.50. The Kier molecular flexibility index (Phi) is 5.16. The Morgan fingerprint density at radius 1 is 0.903 bits per heavy atom. The Morgan fingerprint density at radius 2 is 1.68 bits per heavy atom. The highest BCUT2D eigenvalue weighted by atomic mass is 32.2. The van der Waals surface area contributed by atoms with Crippen molar-refractivity contribution in [1.29, 1.82) is 0 Å². The van der Waals surface area contributed by atoms with Gasteiger partial charge in [0.15, 0.2) is 5.76 Å². The first-order valence-corrected chi connectivity index (χ1v) is 12.1. The zero-order valence-electron chi connectivity index (χ0n) is 17.2. The van der Waals surface area contributed by atoms with Gasteiger partial charge in [0.1, 0.15) is 0 Å². The molecular formula is C24H24N2O4S. The van der Waals surface area contributed by atoms with Crippen LogP contribution in [-0.4, -0.2) is 38.3 Å². The predicted molar refractivity (Wildman–Crippen MR) is 119 cm³/mol. The van der Waals surface area contributed by atoms with Gasteiger partial charge in [-0.15, -0.1) is 0 Å². The van der Waals surface area contributed by atoms with Gasteiger partial charge in [-0.1, -0.05) is 36.8 Å². The zero-order chi connectivity index (χ0) is 21.4. The molecule has 1 amide bonds. The Morgan fingerprint density at radius 3 is 2.45 bits per heavy atom. The summed E-state index contributed by atoms with van der Waals surface area (Å²) in [5.41, 5.74) is 3.29. The van der Waals surface area contributed by atoms with Crippen molar-refractivity contribution in [2.24, 2.45) is 0 Å². The molecule has 0 atom stereocenters. The molecule has 0 spiro atoms. The fourth-order valence-electron chi connectivity index (χ4n) is 4.45. The number of furan rings is 1. The van der Waals surface area contributed by atoms with Crippen LogP contribution in [0.1, 0.15) is 35.4 Å². The maximum atomic E-state index is 13.3. The predicted octanol–water partition coefficient (Wildman–Crippen LogP) is 4.32. The third-order valence-corrected chi connectivity index (χ3v) is 7.98. The minimum Gasteiger partial charge on any atom is -0.458 e. The Labute approximate surface area is 182 Å². The monoisotopic (exact) mass is 436 g/mol. The lowest BCUT2D eigenvalue weighted by atomic mass is 10.1. The van der Waals surface area contributed by atoms with Crippen LogP contribution in [0, 0.1) is 0 Å². The number of rotatable bonds is 4. The van der Waals surface area contributed by atoms with E-state index < -0.39 is 10.0 Å². The molecule has 0 N–H and O–H groups in total. The first kappa shape index (κ1) is 20.0. The maximum Gasteiger partial charge on any atom is 0.294 e. The third-order valence-electron chi connectivity index (χ3n) is 6.09. The molecule has 0 aliphatic carbocycles. The number of carbonyl (C=O) groups is 1. The average molecular weight is 437 g/mol. The average Bonchev–Trinajstić information content (AvgIpc) is 3.47. The SMILES string of the molecule is O=C(c1occc1-c1ccccc1)N1CCc2cc(S(=O)(=O)N3CCCCC3)ccc21. The van der Waals surface area contributed by atoms with E-state index in [1.54, 1.807) is 33.5 Å². The van der Waals surface area contributed by atoms with Crippen molar-refractivity contribution in [3.8, 4) is 11.1 Å². The molecule has 1 saturated heterocycles. The van der Waals surface area contributed by atoms with Crippen LogP contribution in [0.15, 0.2) is 70.2 Å². The number of nitrogens with zero attached hydrogens (tertiary/aromatic N) is 2. The van der Waals surface area contributed by atoms with E-state index >= 15 is 0 Å². The summed E-state index contributed by atoms with van der Waals surface area (Å²) in [5.74, 6) is 0.0818. The molecular weight excluding hydrogens is 412 g/mol. The fraction of sp³-hybridized carbons (Fsp3) is 0.292. The lowest BCUT2D eigenvalue weighted by Crippen LogP contribution is -2.35. The second-order valence-corrected chi connectivity index (χ2v) is 9.93. The van der Waals surface area contributed by atoms with E-state index in [2.05, 4.69) is 0 Å². The van der Waals surface area contributed by atoms with Gasteiger partial charge < -0.3 is 9.32 Å². The van der Waals surface area contributed by atoms with Crippen molar-refractivity contribution in [3.05, 3.63) is 72.2 Å². The molecule has 1 aromatic heterocycles. The molecule has 160 valence electrons. The van der Waals surface area contributed by atoms with E-state index in [0.29, 0.717) is 36.7 Å². The number of hydrogen-bond donors (Lipinski definition) is 0. The Bertz CT molecular complexity index is 1210. The quantitative estimate of drug-likeness (QED) is 0.611. The second kappa shape index (κ2) is 7.98. The standard InChI is InChI=1S/C24H24N2O4S/c27-24(23-21(12-16-30-23)18-7-3-1-4-8-18)26-15-11-19-17-20(9-10-22(19)26)31(28,29)25-13-5-2-6-14-25/h1,3-4,7-10,12,16-17H,2,5-6,11,13-15H2. The largest absolute Gasteiger partial charge is 0.458 e. The molecule has 3 aromatic rings. The highest BCUT2D eigenvalue weighted by molar-refractivity contribution is 7.89. The highest BCUT2D eigenvalue weighted by Crippen LogP contribution is 2.34. The van der Waals surface area contributed by atoms with Gasteiger partial charge in [-0.05, 0) is 54.7 Å². The minimum absolute atomic E-state index is 0.214. The summed E-state index contributed by atoms with van der Waals surface area (Å²) in [7, 11) is -3.50. The van der Waals surface area contributed by atoms with Gasteiger partial charge in [-0.25, -0.2) is 8.42 Å². The molecule has 0 bridgehead atoms. The number of anilines is 1. The summed E-state index contributed by atoms with van der Waals surface area (Å²) in [4.78, 5) is 15.3. The van der Waals surface area contributed by atoms with E-state index in [1.165, 1.54) is 6.26 Å². The van der Waals surface area contributed by atoms with Crippen LogP contribution < -0.4 is 4.90 Å². The van der Waals surface area contributed by atoms with Crippen LogP contribution in [0.5, 0.6) is 0 Å². The molecule has 1 fully saturated rings. The molecule has 0 radical (unpaired) electrons. The van der Waals surface area contributed by atoms with Crippen LogP contribution in [0.3, 0.4) is 0 Å². The van der Waals surface area contributed by atoms with E-state index in [0.717, 1.165) is 41.6 Å².